The molecule has 0 heterocycles. The van der Waals surface area contributed by atoms with Crippen LogP contribution in [-0.2, 0) is 4.74 Å². The molecule has 2 nitrogen and oxygen atoms in total. The number of rotatable bonds is 5. The first-order chi connectivity index (χ1) is 7.83. The number of nitrogens with zero attached hydrogens (tertiary/aromatic N) is 1. The molecule has 1 aromatic carbocycles. The Bertz CT molecular complexity index is 346. The molecule has 0 saturated heterocycles. The average Bonchev–Trinajstić information content (AvgIpc) is 2.30. The summed E-state index contributed by atoms with van der Waals surface area (Å²) in [6.45, 7) is 2.72. The van der Waals surface area contributed by atoms with Gasteiger partial charge in [0.1, 0.15) is 0 Å². The van der Waals surface area contributed by atoms with Gasteiger partial charge in [-0.2, -0.15) is 0 Å². The fraction of sp³-hybridized carbons (Fsp3) is 0.308. The van der Waals surface area contributed by atoms with E-state index in [0.717, 1.165) is 12.1 Å². The van der Waals surface area contributed by atoms with Gasteiger partial charge in [-0.05, 0) is 0 Å². The monoisotopic (exact) mass is 282 g/mol. The summed E-state index contributed by atoms with van der Waals surface area (Å²) in [6, 6.07) is 9.74. The topological polar surface area (TPSA) is 21.6 Å². The van der Waals surface area contributed by atoms with Gasteiger partial charge in [0.2, 0.25) is 0 Å². The molecule has 16 heavy (non-hydrogen) atoms. The van der Waals surface area contributed by atoms with Crippen molar-refractivity contribution in [3.8, 4) is 0 Å². The quantitative estimate of drug-likeness (QED) is 0.351. The number of para-hydroxylation sites is 1. The van der Waals surface area contributed by atoms with Crippen LogP contribution in [0.3, 0.4) is 0 Å². The van der Waals surface area contributed by atoms with E-state index >= 15 is 0 Å². The molecule has 0 aliphatic rings. The van der Waals surface area contributed by atoms with Gasteiger partial charge in [-0.1, -0.05) is 0 Å². The molecule has 0 N–H and O–H groups in total. The van der Waals surface area contributed by atoms with Crippen molar-refractivity contribution in [2.24, 2.45) is 4.99 Å². The van der Waals surface area contributed by atoms with Crippen molar-refractivity contribution >= 4 is 26.5 Å². The van der Waals surface area contributed by atoms with E-state index in [4.69, 9.17) is 4.74 Å². The third kappa shape index (κ3) is 5.74. The molecule has 0 atom stereocenters. The number of hydrogen-bond acceptors (Lipinski definition) is 2. The summed E-state index contributed by atoms with van der Waals surface area (Å²) in [5, 5.41) is 0. The molecule has 3 heteroatoms. The first-order valence-electron chi connectivity index (χ1n) is 5.41. The zero-order valence-electron chi connectivity index (χ0n) is 9.43. The molecular formula is C13H16NOSe. The maximum atomic E-state index is 5.40. The second-order valence-corrected chi connectivity index (χ2v) is 4.02. The molecule has 0 amide bonds. The maximum absolute atomic E-state index is 5.40. The fourth-order valence-electron chi connectivity index (χ4n) is 1.11. The summed E-state index contributed by atoms with van der Waals surface area (Å²) in [5.74, 6) is 0. The predicted molar refractivity (Wildman–Crippen MR) is 69.3 cm³/mol. The van der Waals surface area contributed by atoms with Crippen molar-refractivity contribution in [3.05, 3.63) is 42.5 Å². The first-order valence-corrected chi connectivity index (χ1v) is 6.27. The van der Waals surface area contributed by atoms with Crippen LogP contribution in [0, 0.1) is 0 Å². The summed E-state index contributed by atoms with van der Waals surface area (Å²) < 4.78 is 5.40. The number of allylic oxidation sites excluding steroid dienone is 1. The van der Waals surface area contributed by atoms with Crippen molar-refractivity contribution in [1.82, 2.24) is 0 Å². The Kier molecular flexibility index (Phi) is 6.62. The van der Waals surface area contributed by atoms with Gasteiger partial charge >= 0.3 is 105 Å². The van der Waals surface area contributed by atoms with Gasteiger partial charge in [0, 0.05) is 0 Å². The van der Waals surface area contributed by atoms with Crippen LogP contribution in [0.1, 0.15) is 19.8 Å². The number of benzene rings is 1. The number of ether oxygens (including phenoxy) is 1. The zero-order valence-corrected chi connectivity index (χ0v) is 11.1. The van der Waals surface area contributed by atoms with E-state index in [0.29, 0.717) is 11.4 Å². The summed E-state index contributed by atoms with van der Waals surface area (Å²) in [7, 11) is 0. The summed E-state index contributed by atoms with van der Waals surface area (Å²) >= 11 is 2.81. The number of unbranched alkanes of at least 4 members (excludes halogenated alkanes) is 1. The third-order valence-corrected chi connectivity index (χ3v) is 2.34. The zero-order chi connectivity index (χ0) is 11.6. The minimum absolute atomic E-state index is 0.568. The predicted octanol–water partition coefficient (Wildman–Crippen LogP) is 3.22. The summed E-state index contributed by atoms with van der Waals surface area (Å²) in [5.41, 5.74) is 0.897. The van der Waals surface area contributed by atoms with Crippen LogP contribution in [0.25, 0.3) is 0 Å². The van der Waals surface area contributed by atoms with Crippen LogP contribution in [0.4, 0.5) is 5.69 Å². The SMILES string of the molecule is CCC/C=C\COC([Se])=Nc1ccccc1. The van der Waals surface area contributed by atoms with E-state index in [1.807, 2.05) is 36.4 Å². The Morgan fingerprint density at radius 1 is 1.31 bits per heavy atom. The Morgan fingerprint density at radius 2 is 2.06 bits per heavy atom. The average molecular weight is 281 g/mol. The molecule has 1 aromatic rings. The van der Waals surface area contributed by atoms with E-state index < -0.39 is 0 Å². The number of aliphatic imine (C=N–C) groups is 1. The standard InChI is InChI=1S/C13H16NOSe/c1-2-3-4-8-11-15-13(16)14-12-9-6-5-7-10-12/h4-10H,2-3,11H2,1H3/b8-4-,14-13?. The van der Waals surface area contributed by atoms with Gasteiger partial charge < -0.3 is 0 Å². The van der Waals surface area contributed by atoms with Crippen LogP contribution in [-0.4, -0.2) is 27.4 Å². The Balaban J connectivity index is 2.35. The van der Waals surface area contributed by atoms with E-state index in [1.165, 1.54) is 6.42 Å². The molecule has 0 aliphatic heterocycles. The van der Waals surface area contributed by atoms with Crippen LogP contribution in [0.15, 0.2) is 47.5 Å². The van der Waals surface area contributed by atoms with Gasteiger partial charge in [0.15, 0.2) is 0 Å². The van der Waals surface area contributed by atoms with Crippen molar-refractivity contribution in [1.29, 1.82) is 0 Å². The minimum atomic E-state index is 0.568. The molecule has 0 saturated carbocycles. The van der Waals surface area contributed by atoms with Gasteiger partial charge in [0.25, 0.3) is 0 Å². The molecule has 0 aliphatic carbocycles. The van der Waals surface area contributed by atoms with E-state index in [1.54, 1.807) is 0 Å². The van der Waals surface area contributed by atoms with E-state index in [9.17, 15) is 0 Å². The Morgan fingerprint density at radius 3 is 2.75 bits per heavy atom. The van der Waals surface area contributed by atoms with Gasteiger partial charge in [0.05, 0.1) is 0 Å². The van der Waals surface area contributed by atoms with Crippen molar-refractivity contribution in [2.75, 3.05) is 6.61 Å². The molecule has 85 valence electrons. The first kappa shape index (κ1) is 13.0. The van der Waals surface area contributed by atoms with Crippen LogP contribution < -0.4 is 0 Å². The molecule has 1 rings (SSSR count). The van der Waals surface area contributed by atoms with Crippen molar-refractivity contribution in [3.63, 3.8) is 0 Å². The molecule has 1 radical (unpaired) electrons. The van der Waals surface area contributed by atoms with Crippen molar-refractivity contribution in [2.45, 2.75) is 19.8 Å². The van der Waals surface area contributed by atoms with Crippen molar-refractivity contribution < 1.29 is 4.74 Å². The van der Waals surface area contributed by atoms with E-state index in [-0.39, 0.29) is 0 Å². The summed E-state index contributed by atoms with van der Waals surface area (Å²) in [4.78, 5) is 4.86. The molecule has 0 aromatic heterocycles. The summed E-state index contributed by atoms with van der Waals surface area (Å²) in [6.07, 6.45) is 6.40. The van der Waals surface area contributed by atoms with Crippen LogP contribution >= 0.6 is 0 Å². The Hall–Kier alpha value is -1.05. The van der Waals surface area contributed by atoms with Gasteiger partial charge in [-0.3, -0.25) is 0 Å². The Labute approximate surface area is 105 Å². The molecule has 0 fully saturated rings. The molecular weight excluding hydrogens is 265 g/mol. The second kappa shape index (κ2) is 8.14. The molecule has 0 unspecified atom stereocenters. The third-order valence-electron chi connectivity index (χ3n) is 1.90. The van der Waals surface area contributed by atoms with Crippen LogP contribution in [0.2, 0.25) is 0 Å². The van der Waals surface area contributed by atoms with E-state index in [2.05, 4.69) is 34.0 Å². The number of hydrogen-bond donors (Lipinski definition) is 0. The fourth-order valence-corrected chi connectivity index (χ4v) is 1.48. The second-order valence-electron chi connectivity index (χ2n) is 3.28. The molecule has 0 spiro atoms. The molecule has 0 bridgehead atoms. The van der Waals surface area contributed by atoms with Gasteiger partial charge in [-0.15, -0.1) is 0 Å². The van der Waals surface area contributed by atoms with Gasteiger partial charge in [-0.25, -0.2) is 0 Å². The normalized spacial score (nSPS) is 11.9. The van der Waals surface area contributed by atoms with Crippen LogP contribution in [0.5, 0.6) is 0 Å².